The zero-order valence-electron chi connectivity index (χ0n) is 18.8. The first-order valence-electron chi connectivity index (χ1n) is 11.7. The van der Waals surface area contributed by atoms with E-state index in [-0.39, 0.29) is 17.4 Å². The van der Waals surface area contributed by atoms with Crippen LogP contribution in [0.3, 0.4) is 0 Å². The molecule has 6 heteroatoms. The van der Waals surface area contributed by atoms with Crippen molar-refractivity contribution in [1.29, 1.82) is 0 Å². The molecule has 1 aromatic heterocycles. The average Bonchev–Trinajstić information content (AvgIpc) is 3.48. The van der Waals surface area contributed by atoms with E-state index in [1.165, 1.54) is 24.3 Å². The highest BCUT2D eigenvalue weighted by Crippen LogP contribution is 2.36. The van der Waals surface area contributed by atoms with E-state index in [0.717, 1.165) is 52.5 Å². The van der Waals surface area contributed by atoms with Gasteiger partial charge in [0.1, 0.15) is 11.6 Å². The number of hydrogen-bond donors (Lipinski definition) is 3. The third-order valence-corrected chi connectivity index (χ3v) is 6.75. The van der Waals surface area contributed by atoms with Crippen LogP contribution in [0.25, 0.3) is 33.2 Å². The maximum Gasteiger partial charge on any atom is 0.179 e. The number of nitrogens with two attached hydrogens (primary N) is 1. The fraction of sp³-hybridized carbons (Fsp3) is 0.250. The van der Waals surface area contributed by atoms with Crippen molar-refractivity contribution in [2.24, 2.45) is 11.7 Å². The Morgan fingerprint density at radius 1 is 0.912 bits per heavy atom. The van der Waals surface area contributed by atoms with Gasteiger partial charge in [-0.2, -0.15) is 0 Å². The van der Waals surface area contributed by atoms with Gasteiger partial charge in [-0.05, 0) is 78.9 Å². The van der Waals surface area contributed by atoms with Crippen LogP contribution in [-0.2, 0) is 0 Å². The molecule has 4 nitrogen and oxygen atoms in total. The van der Waals surface area contributed by atoms with Gasteiger partial charge in [-0.15, -0.1) is 0 Å². The third-order valence-electron chi connectivity index (χ3n) is 6.75. The summed E-state index contributed by atoms with van der Waals surface area (Å²) in [6.45, 7) is 1.55. The van der Waals surface area contributed by atoms with E-state index in [9.17, 15) is 13.6 Å². The molecule has 2 atom stereocenters. The van der Waals surface area contributed by atoms with Crippen LogP contribution in [0.15, 0.2) is 66.7 Å². The number of aromatic amines is 1. The molecule has 1 saturated heterocycles. The Bertz CT molecular complexity index is 1310. The van der Waals surface area contributed by atoms with Gasteiger partial charge in [0.05, 0.1) is 5.69 Å². The summed E-state index contributed by atoms with van der Waals surface area (Å²) in [4.78, 5) is 16.7. The number of benzene rings is 3. The van der Waals surface area contributed by atoms with Crippen molar-refractivity contribution in [2.45, 2.75) is 25.3 Å². The highest BCUT2D eigenvalue weighted by atomic mass is 19.1. The maximum absolute atomic E-state index is 13.6. The van der Waals surface area contributed by atoms with Crippen LogP contribution < -0.4 is 11.1 Å². The predicted octanol–water partition coefficient (Wildman–Crippen LogP) is 5.68. The number of carbonyl (C=O) groups excluding carboxylic acids is 1. The summed E-state index contributed by atoms with van der Waals surface area (Å²) in [6.07, 6.45) is 2.14. The van der Waals surface area contributed by atoms with Crippen LogP contribution in [0, 0.1) is 17.6 Å². The lowest BCUT2D eigenvalue weighted by molar-refractivity contribution is 0.0973. The first kappa shape index (κ1) is 22.4. The van der Waals surface area contributed by atoms with Gasteiger partial charge in [-0.3, -0.25) is 4.79 Å². The SMILES string of the molecule is NC[C@H]1CN[C@H](CCC(=O)c2[nH]c3cc(-c4ccc(F)cc4)ccc3c2-c2ccc(F)cc2)C1. The van der Waals surface area contributed by atoms with Crippen molar-refractivity contribution in [1.82, 2.24) is 10.3 Å². The Morgan fingerprint density at radius 3 is 2.21 bits per heavy atom. The lowest BCUT2D eigenvalue weighted by Crippen LogP contribution is -2.22. The van der Waals surface area contributed by atoms with E-state index in [4.69, 9.17) is 5.73 Å². The molecule has 4 N–H and O–H groups in total. The van der Waals surface area contributed by atoms with Crippen LogP contribution in [0.4, 0.5) is 8.78 Å². The number of aromatic nitrogens is 1. The molecule has 5 rings (SSSR count). The molecule has 1 aliphatic rings. The largest absolute Gasteiger partial charge is 0.352 e. The van der Waals surface area contributed by atoms with Gasteiger partial charge in [0, 0.05) is 28.9 Å². The van der Waals surface area contributed by atoms with Gasteiger partial charge in [-0.1, -0.05) is 36.4 Å². The average molecular weight is 460 g/mol. The molecule has 0 amide bonds. The normalized spacial score (nSPS) is 18.0. The first-order chi connectivity index (χ1) is 16.5. The summed E-state index contributed by atoms with van der Waals surface area (Å²) in [5.74, 6) is -0.118. The van der Waals surface area contributed by atoms with E-state index in [0.29, 0.717) is 30.6 Å². The second kappa shape index (κ2) is 9.49. The minimum Gasteiger partial charge on any atom is -0.352 e. The number of rotatable bonds is 7. The molecule has 34 heavy (non-hydrogen) atoms. The number of ketones is 1. The fourth-order valence-electron chi connectivity index (χ4n) is 4.88. The molecule has 0 unspecified atom stereocenters. The summed E-state index contributed by atoms with van der Waals surface area (Å²) in [5, 5.41) is 4.35. The van der Waals surface area contributed by atoms with Gasteiger partial charge >= 0.3 is 0 Å². The summed E-state index contributed by atoms with van der Waals surface area (Å²) in [6, 6.07) is 18.7. The summed E-state index contributed by atoms with van der Waals surface area (Å²) >= 11 is 0. The minimum atomic E-state index is -0.322. The van der Waals surface area contributed by atoms with E-state index in [1.54, 1.807) is 24.3 Å². The Kier molecular flexibility index (Phi) is 6.26. The number of fused-ring (bicyclic) bond motifs is 1. The van der Waals surface area contributed by atoms with Gasteiger partial charge in [0.15, 0.2) is 5.78 Å². The molecular weight excluding hydrogens is 432 g/mol. The maximum atomic E-state index is 13.6. The van der Waals surface area contributed by atoms with Gasteiger partial charge in [0.2, 0.25) is 0 Å². The van der Waals surface area contributed by atoms with Crippen molar-refractivity contribution in [3.63, 3.8) is 0 Å². The molecule has 0 spiro atoms. The number of nitrogens with one attached hydrogen (secondary N) is 2. The van der Waals surface area contributed by atoms with Crippen LogP contribution in [0.1, 0.15) is 29.8 Å². The predicted molar refractivity (Wildman–Crippen MR) is 132 cm³/mol. The van der Waals surface area contributed by atoms with Gasteiger partial charge < -0.3 is 16.0 Å². The molecule has 1 fully saturated rings. The number of Topliss-reactive ketones (excluding diaryl/α,β-unsaturated/α-hetero) is 1. The van der Waals surface area contributed by atoms with Crippen molar-refractivity contribution in [3.05, 3.63) is 84.1 Å². The topological polar surface area (TPSA) is 70.9 Å². The molecule has 174 valence electrons. The number of H-pyrrole nitrogens is 1. The lowest BCUT2D eigenvalue weighted by Gasteiger charge is -2.10. The highest BCUT2D eigenvalue weighted by Gasteiger charge is 2.25. The molecule has 3 aromatic carbocycles. The zero-order chi connectivity index (χ0) is 23.7. The second-order valence-corrected chi connectivity index (χ2v) is 9.05. The minimum absolute atomic E-state index is 0.0249. The number of halogens is 2. The van der Waals surface area contributed by atoms with Crippen LogP contribution in [0.5, 0.6) is 0 Å². The number of hydrogen-bond acceptors (Lipinski definition) is 3. The smallest absolute Gasteiger partial charge is 0.179 e. The van der Waals surface area contributed by atoms with Crippen LogP contribution in [-0.4, -0.2) is 29.9 Å². The quantitative estimate of drug-likeness (QED) is 0.312. The highest BCUT2D eigenvalue weighted by molar-refractivity contribution is 6.11. The Morgan fingerprint density at radius 2 is 1.56 bits per heavy atom. The van der Waals surface area contributed by atoms with E-state index in [2.05, 4.69) is 10.3 Å². The van der Waals surface area contributed by atoms with Crippen molar-refractivity contribution < 1.29 is 13.6 Å². The van der Waals surface area contributed by atoms with Gasteiger partial charge in [-0.25, -0.2) is 8.78 Å². The molecular formula is C28H27F2N3O. The Balaban J connectivity index is 1.50. The van der Waals surface area contributed by atoms with Crippen LogP contribution in [0.2, 0.25) is 0 Å². The first-order valence-corrected chi connectivity index (χ1v) is 11.7. The number of carbonyl (C=O) groups is 1. The third kappa shape index (κ3) is 4.52. The molecule has 0 radical (unpaired) electrons. The second-order valence-electron chi connectivity index (χ2n) is 9.05. The Labute approximate surface area is 197 Å². The fourth-order valence-corrected chi connectivity index (χ4v) is 4.88. The van der Waals surface area contributed by atoms with E-state index < -0.39 is 0 Å². The van der Waals surface area contributed by atoms with Gasteiger partial charge in [0.25, 0.3) is 0 Å². The lowest BCUT2D eigenvalue weighted by atomic mass is 9.96. The summed E-state index contributed by atoms with van der Waals surface area (Å²) in [5.41, 5.74) is 10.5. The Hall–Kier alpha value is -3.35. The molecule has 0 aliphatic carbocycles. The molecule has 0 bridgehead atoms. The monoisotopic (exact) mass is 459 g/mol. The molecule has 2 heterocycles. The van der Waals surface area contributed by atoms with Crippen molar-refractivity contribution >= 4 is 16.7 Å². The summed E-state index contributed by atoms with van der Waals surface area (Å²) < 4.78 is 27.0. The van der Waals surface area contributed by atoms with Crippen molar-refractivity contribution in [3.8, 4) is 22.3 Å². The van der Waals surface area contributed by atoms with E-state index in [1.807, 2.05) is 18.2 Å². The van der Waals surface area contributed by atoms with Crippen molar-refractivity contribution in [2.75, 3.05) is 13.1 Å². The zero-order valence-corrected chi connectivity index (χ0v) is 18.8. The van der Waals surface area contributed by atoms with Crippen LogP contribution >= 0.6 is 0 Å². The molecule has 0 saturated carbocycles. The molecule has 1 aliphatic heterocycles. The summed E-state index contributed by atoms with van der Waals surface area (Å²) in [7, 11) is 0. The van der Waals surface area contributed by atoms with E-state index >= 15 is 0 Å². The standard InChI is InChI=1S/C28H27F2N3O/c29-21-6-1-18(2-7-21)20-5-11-24-25(14-20)33-28(27(24)19-3-8-22(30)9-4-19)26(34)12-10-23-13-17(15-31)16-32-23/h1-9,11,14,17,23,32-33H,10,12-13,15-16,31H2/t17-,23+/m0/s1. The molecule has 4 aromatic rings.